The Kier molecular flexibility index (Phi) is 3.09. The predicted molar refractivity (Wildman–Crippen MR) is 72.5 cm³/mol. The summed E-state index contributed by atoms with van der Waals surface area (Å²) in [6, 6.07) is 5.64. The summed E-state index contributed by atoms with van der Waals surface area (Å²) in [5.74, 6) is 1.03. The van der Waals surface area contributed by atoms with Gasteiger partial charge in [-0.1, -0.05) is 6.07 Å². The van der Waals surface area contributed by atoms with Crippen LogP contribution in [0.15, 0.2) is 34.0 Å². The summed E-state index contributed by atoms with van der Waals surface area (Å²) in [4.78, 5) is 12.1. The van der Waals surface area contributed by atoms with Crippen LogP contribution in [0.1, 0.15) is 12.8 Å². The number of halogens is 1. The molecule has 1 fully saturated rings. The van der Waals surface area contributed by atoms with Crippen LogP contribution in [-0.2, 0) is 4.79 Å². The minimum Gasteiger partial charge on any atom is -0.449 e. The van der Waals surface area contributed by atoms with Crippen LogP contribution >= 0.6 is 15.9 Å². The molecule has 3 rings (SSSR count). The molecule has 2 heterocycles. The third-order valence-corrected chi connectivity index (χ3v) is 3.82. The van der Waals surface area contributed by atoms with Gasteiger partial charge in [-0.2, -0.15) is 0 Å². The molecule has 2 aliphatic heterocycles. The number of nitrogens with one attached hydrogen (secondary N) is 2. The van der Waals surface area contributed by atoms with Gasteiger partial charge in [0.15, 0.2) is 11.5 Å². The van der Waals surface area contributed by atoms with E-state index >= 15 is 0 Å². The molecule has 0 aromatic heterocycles. The van der Waals surface area contributed by atoms with Crippen molar-refractivity contribution in [2.75, 3.05) is 18.4 Å². The highest BCUT2D eigenvalue weighted by atomic mass is 79.9. The fraction of sp³-hybridized carbons (Fsp3) is 0.308. The van der Waals surface area contributed by atoms with Gasteiger partial charge in [0.25, 0.3) is 5.91 Å². The Morgan fingerprint density at radius 2 is 2.00 bits per heavy atom. The zero-order chi connectivity index (χ0) is 12.5. The first-order valence-electron chi connectivity index (χ1n) is 5.96. The zero-order valence-electron chi connectivity index (χ0n) is 9.75. The molecule has 1 saturated heterocycles. The number of fused-ring (bicyclic) bond motifs is 1. The normalized spacial score (nSPS) is 19.1. The lowest BCUT2D eigenvalue weighted by Gasteiger charge is -2.25. The molecular weight excluding hydrogens is 296 g/mol. The Hall–Kier alpha value is -1.33. The Morgan fingerprint density at radius 3 is 2.78 bits per heavy atom. The number of carbonyl (C=O) groups is 1. The van der Waals surface area contributed by atoms with Crippen LogP contribution in [0.3, 0.4) is 0 Å². The van der Waals surface area contributed by atoms with Crippen LogP contribution in [-0.4, -0.2) is 19.0 Å². The predicted octanol–water partition coefficient (Wildman–Crippen LogP) is 2.42. The Labute approximate surface area is 114 Å². The van der Waals surface area contributed by atoms with Crippen molar-refractivity contribution in [3.63, 3.8) is 0 Å². The first-order valence-corrected chi connectivity index (χ1v) is 6.75. The standard InChI is InChI=1S/C13H13BrN2O2/c14-9-2-1-3-10-11(9)16-13(17)12(18-10)8-4-6-15-7-5-8/h1-3,15H,4-7H2,(H,16,17). The summed E-state index contributed by atoms with van der Waals surface area (Å²) in [6.07, 6.45) is 1.73. The topological polar surface area (TPSA) is 50.4 Å². The SMILES string of the molecule is O=C1Nc2c(Br)cccc2OC1=C1CCNCC1. The van der Waals surface area contributed by atoms with E-state index in [9.17, 15) is 4.79 Å². The van der Waals surface area contributed by atoms with Crippen molar-refractivity contribution in [3.8, 4) is 5.75 Å². The summed E-state index contributed by atoms with van der Waals surface area (Å²) < 4.78 is 6.61. The number of para-hydroxylation sites is 1. The number of hydrogen-bond acceptors (Lipinski definition) is 3. The second kappa shape index (κ2) is 4.74. The van der Waals surface area contributed by atoms with Crippen LogP contribution in [0.25, 0.3) is 0 Å². The van der Waals surface area contributed by atoms with Crippen LogP contribution in [0.5, 0.6) is 5.75 Å². The first-order chi connectivity index (χ1) is 8.75. The molecule has 1 amide bonds. The lowest BCUT2D eigenvalue weighted by atomic mass is 10.0. The van der Waals surface area contributed by atoms with Crippen molar-refractivity contribution < 1.29 is 9.53 Å². The van der Waals surface area contributed by atoms with Gasteiger partial charge >= 0.3 is 0 Å². The van der Waals surface area contributed by atoms with Gasteiger partial charge in [0.05, 0.1) is 5.69 Å². The average molecular weight is 309 g/mol. The Morgan fingerprint density at radius 1 is 1.22 bits per heavy atom. The molecule has 0 aliphatic carbocycles. The number of carbonyl (C=O) groups excluding carboxylic acids is 1. The summed E-state index contributed by atoms with van der Waals surface area (Å²) >= 11 is 3.40. The molecule has 18 heavy (non-hydrogen) atoms. The molecule has 1 aromatic rings. The molecule has 0 bridgehead atoms. The molecule has 0 atom stereocenters. The number of ether oxygens (including phenoxy) is 1. The molecule has 4 nitrogen and oxygen atoms in total. The average Bonchev–Trinajstić information content (AvgIpc) is 2.40. The molecule has 2 N–H and O–H groups in total. The van der Waals surface area contributed by atoms with Gasteiger partial charge in [-0.15, -0.1) is 0 Å². The zero-order valence-corrected chi connectivity index (χ0v) is 11.3. The fourth-order valence-corrected chi connectivity index (χ4v) is 2.67. The minimum absolute atomic E-state index is 0.147. The lowest BCUT2D eigenvalue weighted by molar-refractivity contribution is -0.115. The highest BCUT2D eigenvalue weighted by molar-refractivity contribution is 9.10. The van der Waals surface area contributed by atoms with Crippen molar-refractivity contribution >= 4 is 27.5 Å². The van der Waals surface area contributed by atoms with Crippen molar-refractivity contribution in [1.29, 1.82) is 0 Å². The van der Waals surface area contributed by atoms with E-state index in [1.807, 2.05) is 18.2 Å². The fourth-order valence-electron chi connectivity index (χ4n) is 2.23. The van der Waals surface area contributed by atoms with Crippen molar-refractivity contribution in [2.45, 2.75) is 12.8 Å². The van der Waals surface area contributed by atoms with Crippen molar-refractivity contribution in [3.05, 3.63) is 34.0 Å². The second-order valence-electron chi connectivity index (χ2n) is 4.35. The van der Waals surface area contributed by atoms with Crippen LogP contribution < -0.4 is 15.4 Å². The maximum Gasteiger partial charge on any atom is 0.291 e. The molecule has 1 aromatic carbocycles. The maximum atomic E-state index is 12.1. The largest absolute Gasteiger partial charge is 0.449 e. The monoisotopic (exact) mass is 308 g/mol. The van der Waals surface area contributed by atoms with E-state index < -0.39 is 0 Å². The van der Waals surface area contributed by atoms with Gasteiger partial charge in [0.2, 0.25) is 0 Å². The number of piperidine rings is 1. The van der Waals surface area contributed by atoms with E-state index in [-0.39, 0.29) is 5.91 Å². The number of hydrogen-bond donors (Lipinski definition) is 2. The molecular formula is C13H13BrN2O2. The van der Waals surface area contributed by atoms with Gasteiger partial charge in [-0.25, -0.2) is 0 Å². The third kappa shape index (κ3) is 2.04. The number of amides is 1. The van der Waals surface area contributed by atoms with E-state index in [1.165, 1.54) is 0 Å². The number of rotatable bonds is 0. The minimum atomic E-state index is -0.147. The molecule has 5 heteroatoms. The highest BCUT2D eigenvalue weighted by Gasteiger charge is 2.27. The van der Waals surface area contributed by atoms with Crippen LogP contribution in [0.2, 0.25) is 0 Å². The summed E-state index contributed by atoms with van der Waals surface area (Å²) in [7, 11) is 0. The summed E-state index contributed by atoms with van der Waals surface area (Å²) in [5, 5.41) is 6.15. The lowest BCUT2D eigenvalue weighted by Crippen LogP contribution is -2.30. The second-order valence-corrected chi connectivity index (χ2v) is 5.21. The molecule has 0 saturated carbocycles. The number of anilines is 1. The highest BCUT2D eigenvalue weighted by Crippen LogP contribution is 2.38. The smallest absolute Gasteiger partial charge is 0.291 e. The summed E-state index contributed by atoms with van der Waals surface area (Å²) in [6.45, 7) is 1.81. The van der Waals surface area contributed by atoms with E-state index in [0.29, 0.717) is 17.2 Å². The third-order valence-electron chi connectivity index (χ3n) is 3.16. The van der Waals surface area contributed by atoms with Gasteiger partial charge in [-0.3, -0.25) is 4.79 Å². The van der Waals surface area contributed by atoms with Gasteiger partial charge in [0, 0.05) is 4.47 Å². The Bertz CT molecular complexity index is 532. The quantitative estimate of drug-likeness (QED) is 0.724. The van der Waals surface area contributed by atoms with Crippen molar-refractivity contribution in [1.82, 2.24) is 5.32 Å². The molecule has 2 aliphatic rings. The summed E-state index contributed by atoms with van der Waals surface area (Å²) in [5.41, 5.74) is 1.80. The van der Waals surface area contributed by atoms with E-state index in [1.54, 1.807) is 0 Å². The molecule has 0 unspecified atom stereocenters. The first kappa shape index (κ1) is 11.7. The Balaban J connectivity index is 1.99. The van der Waals surface area contributed by atoms with E-state index in [4.69, 9.17) is 4.74 Å². The van der Waals surface area contributed by atoms with Crippen LogP contribution in [0, 0.1) is 0 Å². The molecule has 0 spiro atoms. The van der Waals surface area contributed by atoms with E-state index in [0.717, 1.165) is 36.0 Å². The van der Waals surface area contributed by atoms with Crippen LogP contribution in [0.4, 0.5) is 5.69 Å². The van der Waals surface area contributed by atoms with Gasteiger partial charge < -0.3 is 15.4 Å². The van der Waals surface area contributed by atoms with Gasteiger partial charge in [-0.05, 0) is 59.6 Å². The van der Waals surface area contributed by atoms with Crippen molar-refractivity contribution in [2.24, 2.45) is 0 Å². The number of benzene rings is 1. The molecule has 0 radical (unpaired) electrons. The van der Waals surface area contributed by atoms with E-state index in [2.05, 4.69) is 26.6 Å². The molecule has 94 valence electrons. The van der Waals surface area contributed by atoms with Gasteiger partial charge in [0.1, 0.15) is 0 Å². The maximum absolute atomic E-state index is 12.1.